The number of rotatable bonds is 3. The number of hydrogen-bond acceptors (Lipinski definition) is 2. The summed E-state index contributed by atoms with van der Waals surface area (Å²) in [6, 6.07) is 12.5. The molecule has 2 aromatic carbocycles. The summed E-state index contributed by atoms with van der Waals surface area (Å²) in [7, 11) is 0. The van der Waals surface area contributed by atoms with Crippen molar-refractivity contribution in [1.29, 1.82) is 0 Å². The number of aryl methyl sites for hydroxylation is 2. The second-order valence-corrected chi connectivity index (χ2v) is 6.32. The van der Waals surface area contributed by atoms with Crippen molar-refractivity contribution in [3.05, 3.63) is 70.3 Å². The van der Waals surface area contributed by atoms with Crippen LogP contribution in [0.1, 0.15) is 33.9 Å². The van der Waals surface area contributed by atoms with E-state index in [1.165, 1.54) is 4.90 Å². The van der Waals surface area contributed by atoms with Crippen molar-refractivity contribution in [2.45, 2.75) is 32.7 Å². The summed E-state index contributed by atoms with van der Waals surface area (Å²) in [6.07, 6.45) is 0.933. The zero-order valence-electron chi connectivity index (χ0n) is 14.0. The largest absolute Gasteiger partial charge is 0.479 e. The summed E-state index contributed by atoms with van der Waals surface area (Å²) in [6.45, 7) is 4.41. The average molecular weight is 323 g/mol. The number of amides is 1. The summed E-state index contributed by atoms with van der Waals surface area (Å²) < 4.78 is 0. The minimum absolute atomic E-state index is 0.130. The lowest BCUT2D eigenvalue weighted by molar-refractivity contribution is -0.151. The van der Waals surface area contributed by atoms with E-state index in [1.54, 1.807) is 0 Å². The summed E-state index contributed by atoms with van der Waals surface area (Å²) in [5.41, 5.74) is 4.86. The Bertz CT molecular complexity index is 777. The predicted molar refractivity (Wildman–Crippen MR) is 91.9 cm³/mol. The lowest BCUT2D eigenvalue weighted by atomic mass is 9.91. The molecule has 124 valence electrons. The highest BCUT2D eigenvalue weighted by Crippen LogP contribution is 2.30. The Morgan fingerprint density at radius 3 is 2.42 bits per heavy atom. The Kier molecular flexibility index (Phi) is 4.38. The fourth-order valence-corrected chi connectivity index (χ4v) is 3.48. The molecule has 1 aliphatic heterocycles. The molecule has 0 radical (unpaired) electrons. The van der Waals surface area contributed by atoms with Gasteiger partial charge in [-0.05, 0) is 48.1 Å². The molecule has 24 heavy (non-hydrogen) atoms. The minimum Gasteiger partial charge on any atom is -0.479 e. The maximum Gasteiger partial charge on any atom is 0.331 e. The molecule has 0 aromatic heterocycles. The fourth-order valence-electron chi connectivity index (χ4n) is 3.48. The number of hydrogen-bond donors (Lipinski definition) is 1. The second kappa shape index (κ2) is 6.48. The molecule has 1 atom stereocenters. The van der Waals surface area contributed by atoms with E-state index >= 15 is 0 Å². The molecule has 1 amide bonds. The summed E-state index contributed by atoms with van der Waals surface area (Å²) in [4.78, 5) is 26.2. The number of carboxylic acid groups (broad SMARTS) is 1. The Hall–Kier alpha value is -2.62. The van der Waals surface area contributed by atoms with Gasteiger partial charge in [0.25, 0.3) is 0 Å². The predicted octanol–water partition coefficient (Wildman–Crippen LogP) is 3.06. The van der Waals surface area contributed by atoms with Crippen molar-refractivity contribution in [3.63, 3.8) is 0 Å². The van der Waals surface area contributed by atoms with Crippen LogP contribution in [0.2, 0.25) is 0 Å². The van der Waals surface area contributed by atoms with Crippen molar-refractivity contribution in [2.24, 2.45) is 0 Å². The first kappa shape index (κ1) is 16.2. The first-order valence-electron chi connectivity index (χ1n) is 8.14. The molecule has 0 fully saturated rings. The molecular formula is C20H21NO3. The fraction of sp³-hybridized carbons (Fsp3) is 0.300. The van der Waals surface area contributed by atoms with Crippen LogP contribution in [-0.2, 0) is 22.4 Å². The van der Waals surface area contributed by atoms with Crippen molar-refractivity contribution >= 4 is 11.9 Å². The topological polar surface area (TPSA) is 57.6 Å². The van der Waals surface area contributed by atoms with Crippen LogP contribution in [0.4, 0.5) is 0 Å². The third-order valence-corrected chi connectivity index (χ3v) is 4.81. The number of nitrogens with zero attached hydrogens (tertiary/aromatic N) is 1. The van der Waals surface area contributed by atoms with E-state index in [1.807, 2.05) is 56.3 Å². The zero-order chi connectivity index (χ0) is 17.3. The van der Waals surface area contributed by atoms with Crippen LogP contribution in [0, 0.1) is 13.8 Å². The van der Waals surface area contributed by atoms with Gasteiger partial charge >= 0.3 is 5.97 Å². The number of benzene rings is 2. The highest BCUT2D eigenvalue weighted by atomic mass is 16.4. The standard InChI is InChI=1S/C20H21NO3/c1-13-6-5-7-14(2)17(13)12-18(22)21-11-10-15-8-3-4-9-16(15)19(21)20(23)24/h3-9,19H,10-12H2,1-2H3,(H,23,24). The molecular weight excluding hydrogens is 302 g/mol. The van der Waals surface area contributed by atoms with Crippen molar-refractivity contribution in [2.75, 3.05) is 6.54 Å². The van der Waals surface area contributed by atoms with E-state index in [9.17, 15) is 14.7 Å². The minimum atomic E-state index is -0.975. The van der Waals surface area contributed by atoms with E-state index in [0.29, 0.717) is 13.0 Å². The van der Waals surface area contributed by atoms with E-state index in [2.05, 4.69) is 0 Å². The molecule has 3 rings (SSSR count). The maximum absolute atomic E-state index is 12.9. The first-order chi connectivity index (χ1) is 11.5. The van der Waals surface area contributed by atoms with Crippen molar-refractivity contribution in [1.82, 2.24) is 4.90 Å². The van der Waals surface area contributed by atoms with E-state index in [0.717, 1.165) is 27.8 Å². The monoisotopic (exact) mass is 323 g/mol. The molecule has 0 saturated carbocycles. The van der Waals surface area contributed by atoms with E-state index in [-0.39, 0.29) is 12.3 Å². The van der Waals surface area contributed by atoms with Gasteiger partial charge in [-0.1, -0.05) is 42.5 Å². The molecule has 4 heteroatoms. The van der Waals surface area contributed by atoms with Gasteiger partial charge in [0.05, 0.1) is 6.42 Å². The van der Waals surface area contributed by atoms with Crippen LogP contribution in [0.3, 0.4) is 0 Å². The number of carbonyl (C=O) groups is 2. The Morgan fingerprint density at radius 1 is 1.08 bits per heavy atom. The lowest BCUT2D eigenvalue weighted by Gasteiger charge is -2.35. The van der Waals surface area contributed by atoms with Crippen LogP contribution in [0.15, 0.2) is 42.5 Å². The van der Waals surface area contributed by atoms with Gasteiger partial charge in [-0.25, -0.2) is 4.79 Å². The second-order valence-electron chi connectivity index (χ2n) is 6.32. The normalized spacial score (nSPS) is 16.6. The summed E-state index contributed by atoms with van der Waals surface area (Å²) in [5, 5.41) is 9.69. The van der Waals surface area contributed by atoms with Crippen LogP contribution >= 0.6 is 0 Å². The van der Waals surface area contributed by atoms with Crippen LogP contribution in [0.25, 0.3) is 0 Å². The van der Waals surface area contributed by atoms with Gasteiger partial charge in [-0.15, -0.1) is 0 Å². The smallest absolute Gasteiger partial charge is 0.331 e. The van der Waals surface area contributed by atoms with Gasteiger partial charge in [0.2, 0.25) is 5.91 Å². The van der Waals surface area contributed by atoms with E-state index in [4.69, 9.17) is 0 Å². The van der Waals surface area contributed by atoms with Crippen LogP contribution in [0.5, 0.6) is 0 Å². The molecule has 4 nitrogen and oxygen atoms in total. The number of aliphatic carboxylic acids is 1. The lowest BCUT2D eigenvalue weighted by Crippen LogP contribution is -2.44. The van der Waals surface area contributed by atoms with Gasteiger partial charge in [-0.3, -0.25) is 4.79 Å². The molecule has 1 heterocycles. The van der Waals surface area contributed by atoms with Crippen molar-refractivity contribution in [3.8, 4) is 0 Å². The van der Waals surface area contributed by atoms with Gasteiger partial charge in [-0.2, -0.15) is 0 Å². The van der Waals surface area contributed by atoms with E-state index < -0.39 is 12.0 Å². The molecule has 0 bridgehead atoms. The SMILES string of the molecule is Cc1cccc(C)c1CC(=O)N1CCc2ccccc2C1C(=O)O. The number of carbonyl (C=O) groups excluding carboxylic acids is 1. The van der Waals surface area contributed by atoms with Gasteiger partial charge < -0.3 is 10.0 Å². The van der Waals surface area contributed by atoms with Crippen LogP contribution in [-0.4, -0.2) is 28.4 Å². The molecule has 1 aliphatic rings. The molecule has 0 spiro atoms. The summed E-state index contributed by atoms with van der Waals surface area (Å²) >= 11 is 0. The van der Waals surface area contributed by atoms with Crippen molar-refractivity contribution < 1.29 is 14.7 Å². The molecule has 2 aromatic rings. The highest BCUT2D eigenvalue weighted by molar-refractivity contribution is 5.87. The third-order valence-electron chi connectivity index (χ3n) is 4.81. The molecule has 0 saturated heterocycles. The van der Waals surface area contributed by atoms with Gasteiger partial charge in [0.1, 0.15) is 0 Å². The number of carboxylic acids is 1. The molecule has 1 N–H and O–H groups in total. The highest BCUT2D eigenvalue weighted by Gasteiger charge is 2.35. The molecule has 1 unspecified atom stereocenters. The first-order valence-corrected chi connectivity index (χ1v) is 8.14. The molecule has 0 aliphatic carbocycles. The quantitative estimate of drug-likeness (QED) is 0.944. The third kappa shape index (κ3) is 2.92. The van der Waals surface area contributed by atoms with Crippen LogP contribution < -0.4 is 0 Å². The Labute approximate surface area is 141 Å². The van der Waals surface area contributed by atoms with Gasteiger partial charge in [0, 0.05) is 6.54 Å². The Morgan fingerprint density at radius 2 is 1.75 bits per heavy atom. The zero-order valence-corrected chi connectivity index (χ0v) is 14.0. The average Bonchev–Trinajstić information content (AvgIpc) is 2.56. The maximum atomic E-state index is 12.9. The summed E-state index contributed by atoms with van der Waals surface area (Å²) in [5.74, 6) is -1.11. The van der Waals surface area contributed by atoms with Gasteiger partial charge in [0.15, 0.2) is 6.04 Å². The number of fused-ring (bicyclic) bond motifs is 1. The Balaban J connectivity index is 1.91.